The summed E-state index contributed by atoms with van der Waals surface area (Å²) in [5.74, 6) is -2.31. The molecule has 7 N–H and O–H groups in total. The molecule has 8 atom stereocenters. The van der Waals surface area contributed by atoms with Gasteiger partial charge in [0.05, 0.1) is 32.0 Å². The monoisotopic (exact) mass is 326 g/mol. The molecule has 0 aromatic heterocycles. The predicted molar refractivity (Wildman–Crippen MR) is 67.3 cm³/mol. The summed E-state index contributed by atoms with van der Waals surface area (Å²) in [6.07, 6.45) is -9.28. The highest BCUT2D eigenvalue weighted by molar-refractivity contribution is 4.90. The summed E-state index contributed by atoms with van der Waals surface area (Å²) in [6.45, 7) is -1.39. The van der Waals surface area contributed by atoms with E-state index in [-0.39, 0.29) is 19.6 Å². The van der Waals surface area contributed by atoms with Crippen LogP contribution in [0.4, 0.5) is 0 Å². The molecule has 2 rings (SSSR count). The second kappa shape index (κ2) is 7.01. The van der Waals surface area contributed by atoms with Gasteiger partial charge in [-0.05, 0) is 0 Å². The van der Waals surface area contributed by atoms with E-state index in [2.05, 4.69) is 0 Å². The first-order valence-electron chi connectivity index (χ1n) is 6.93. The standard InChI is InChI=1S/C12H22O10/c13-4-12(19)10(18)6(14)1-5(22-12)2-20-11-9(17)8(16)7(15)3-21-11/h5-11,13-19H,1-4H2/t5-,6-,7-,8-,9-,10+,11-,12?/m1/s1. The lowest BCUT2D eigenvalue weighted by atomic mass is 9.95. The first kappa shape index (κ1) is 17.9. The third kappa shape index (κ3) is 3.57. The quantitative estimate of drug-likeness (QED) is 0.268. The van der Waals surface area contributed by atoms with Crippen molar-refractivity contribution in [2.45, 2.75) is 55.1 Å². The minimum absolute atomic E-state index is 0.0720. The van der Waals surface area contributed by atoms with Gasteiger partial charge in [0.15, 0.2) is 6.29 Å². The van der Waals surface area contributed by atoms with Crippen LogP contribution in [0.5, 0.6) is 0 Å². The van der Waals surface area contributed by atoms with Crippen LogP contribution in [0.25, 0.3) is 0 Å². The average molecular weight is 326 g/mol. The maximum absolute atomic E-state index is 9.86. The number of ether oxygens (including phenoxy) is 3. The van der Waals surface area contributed by atoms with Gasteiger partial charge in [-0.15, -0.1) is 0 Å². The van der Waals surface area contributed by atoms with E-state index in [0.717, 1.165) is 0 Å². The molecule has 130 valence electrons. The summed E-state index contributed by atoms with van der Waals surface area (Å²) in [4.78, 5) is 0. The fourth-order valence-corrected chi connectivity index (χ4v) is 2.47. The zero-order valence-corrected chi connectivity index (χ0v) is 11.7. The molecule has 22 heavy (non-hydrogen) atoms. The van der Waals surface area contributed by atoms with Crippen LogP contribution in [-0.4, -0.2) is 104 Å². The summed E-state index contributed by atoms with van der Waals surface area (Å²) in [5, 5.41) is 66.7. The molecule has 0 spiro atoms. The molecule has 10 nitrogen and oxygen atoms in total. The molecule has 2 aliphatic rings. The molecule has 0 amide bonds. The maximum Gasteiger partial charge on any atom is 0.218 e. The van der Waals surface area contributed by atoms with Gasteiger partial charge in [-0.25, -0.2) is 0 Å². The van der Waals surface area contributed by atoms with Gasteiger partial charge in [0.2, 0.25) is 5.79 Å². The molecule has 2 fully saturated rings. The van der Waals surface area contributed by atoms with Crippen LogP contribution in [0, 0.1) is 0 Å². The van der Waals surface area contributed by atoms with Crippen LogP contribution in [-0.2, 0) is 14.2 Å². The fraction of sp³-hybridized carbons (Fsp3) is 1.00. The van der Waals surface area contributed by atoms with Crippen molar-refractivity contribution in [2.24, 2.45) is 0 Å². The Morgan fingerprint density at radius 3 is 2.36 bits per heavy atom. The lowest BCUT2D eigenvalue weighted by molar-refractivity contribution is -0.345. The predicted octanol–water partition coefficient (Wildman–Crippen LogP) is -4.37. The van der Waals surface area contributed by atoms with Crippen molar-refractivity contribution in [3.63, 3.8) is 0 Å². The zero-order valence-electron chi connectivity index (χ0n) is 11.7. The first-order chi connectivity index (χ1) is 10.3. The van der Waals surface area contributed by atoms with Crippen LogP contribution in [0.2, 0.25) is 0 Å². The van der Waals surface area contributed by atoms with E-state index in [9.17, 15) is 30.6 Å². The van der Waals surface area contributed by atoms with Gasteiger partial charge in [0.25, 0.3) is 0 Å². The molecule has 10 heteroatoms. The number of aliphatic hydroxyl groups is 7. The van der Waals surface area contributed by atoms with Gasteiger partial charge in [0.1, 0.15) is 24.4 Å². The molecule has 2 saturated heterocycles. The van der Waals surface area contributed by atoms with E-state index in [1.54, 1.807) is 0 Å². The van der Waals surface area contributed by atoms with Gasteiger partial charge >= 0.3 is 0 Å². The molecule has 0 aliphatic carbocycles. The highest BCUT2D eigenvalue weighted by Crippen LogP contribution is 2.28. The molecular formula is C12H22O10. The Hall–Kier alpha value is -0.400. The summed E-state index contributed by atoms with van der Waals surface area (Å²) in [7, 11) is 0. The van der Waals surface area contributed by atoms with Crippen LogP contribution >= 0.6 is 0 Å². The van der Waals surface area contributed by atoms with Crippen molar-refractivity contribution < 1.29 is 50.0 Å². The molecule has 0 aromatic rings. The van der Waals surface area contributed by atoms with E-state index >= 15 is 0 Å². The topological polar surface area (TPSA) is 169 Å². The summed E-state index contributed by atoms with van der Waals surface area (Å²) >= 11 is 0. The SMILES string of the molecule is OCC1(O)O[C@@H](CO[C@@H]2OC[C@@H](O)[C@@H](O)[C@H]2O)C[C@@H](O)[C@@H]1O. The second-order valence-corrected chi connectivity index (χ2v) is 5.57. The van der Waals surface area contributed by atoms with E-state index in [0.29, 0.717) is 0 Å². The highest BCUT2D eigenvalue weighted by Gasteiger charge is 2.48. The van der Waals surface area contributed by atoms with E-state index in [1.165, 1.54) is 0 Å². The second-order valence-electron chi connectivity index (χ2n) is 5.57. The molecule has 0 saturated carbocycles. The molecule has 0 aromatic carbocycles. The Kier molecular flexibility index (Phi) is 5.72. The van der Waals surface area contributed by atoms with Crippen molar-refractivity contribution >= 4 is 0 Å². The van der Waals surface area contributed by atoms with Crippen LogP contribution in [0.1, 0.15) is 6.42 Å². The molecule has 0 radical (unpaired) electrons. The van der Waals surface area contributed by atoms with Gasteiger partial charge in [0, 0.05) is 6.42 Å². The maximum atomic E-state index is 9.86. The molecule has 0 bridgehead atoms. The molecule has 1 unspecified atom stereocenters. The van der Waals surface area contributed by atoms with Gasteiger partial charge in [-0.3, -0.25) is 0 Å². The van der Waals surface area contributed by atoms with Crippen LogP contribution < -0.4 is 0 Å². The van der Waals surface area contributed by atoms with E-state index in [1.807, 2.05) is 0 Å². The fourth-order valence-electron chi connectivity index (χ4n) is 2.47. The van der Waals surface area contributed by atoms with Gasteiger partial charge in [-0.1, -0.05) is 0 Å². The normalized spacial score (nSPS) is 50.0. The van der Waals surface area contributed by atoms with E-state index < -0.39 is 55.3 Å². The third-order valence-electron chi connectivity index (χ3n) is 3.83. The smallest absolute Gasteiger partial charge is 0.218 e. The van der Waals surface area contributed by atoms with Crippen molar-refractivity contribution in [3.8, 4) is 0 Å². The number of hydrogen-bond donors (Lipinski definition) is 7. The summed E-state index contributed by atoms with van der Waals surface area (Å²) in [5.41, 5.74) is 0. The van der Waals surface area contributed by atoms with Gasteiger partial charge in [-0.2, -0.15) is 0 Å². The Labute approximate surface area is 126 Å². The van der Waals surface area contributed by atoms with Crippen molar-refractivity contribution in [1.29, 1.82) is 0 Å². The van der Waals surface area contributed by atoms with Gasteiger partial charge < -0.3 is 50.0 Å². The first-order valence-corrected chi connectivity index (χ1v) is 6.93. The molecule has 2 aliphatic heterocycles. The Morgan fingerprint density at radius 1 is 1.05 bits per heavy atom. The Balaban J connectivity index is 1.89. The zero-order chi connectivity index (χ0) is 16.5. The van der Waals surface area contributed by atoms with Crippen molar-refractivity contribution in [3.05, 3.63) is 0 Å². The number of rotatable bonds is 4. The number of aliphatic hydroxyl groups excluding tert-OH is 6. The van der Waals surface area contributed by atoms with Crippen molar-refractivity contribution in [2.75, 3.05) is 19.8 Å². The largest absolute Gasteiger partial charge is 0.391 e. The highest BCUT2D eigenvalue weighted by atomic mass is 16.7. The van der Waals surface area contributed by atoms with E-state index in [4.69, 9.17) is 19.3 Å². The van der Waals surface area contributed by atoms with Crippen molar-refractivity contribution in [1.82, 2.24) is 0 Å². The lowest BCUT2D eigenvalue weighted by Crippen LogP contribution is -2.61. The Morgan fingerprint density at radius 2 is 1.73 bits per heavy atom. The Bertz CT molecular complexity index is 368. The van der Waals surface area contributed by atoms with Crippen LogP contribution in [0.15, 0.2) is 0 Å². The summed E-state index contributed by atoms with van der Waals surface area (Å²) < 4.78 is 15.4. The summed E-state index contributed by atoms with van der Waals surface area (Å²) in [6, 6.07) is 0. The minimum atomic E-state index is -2.31. The minimum Gasteiger partial charge on any atom is -0.391 e. The molecule has 2 heterocycles. The molecular weight excluding hydrogens is 304 g/mol. The van der Waals surface area contributed by atoms with Crippen LogP contribution in [0.3, 0.4) is 0 Å². The average Bonchev–Trinajstić information content (AvgIpc) is 2.49. The number of hydrogen-bond acceptors (Lipinski definition) is 10. The third-order valence-corrected chi connectivity index (χ3v) is 3.83. The lowest BCUT2D eigenvalue weighted by Gasteiger charge is -2.42.